The van der Waals surface area contributed by atoms with Crippen LogP contribution in [0.3, 0.4) is 0 Å². The fraction of sp³-hybridized carbons (Fsp3) is 0.357. The number of carboxylic acid groups (broad SMARTS) is 1. The highest BCUT2D eigenvalue weighted by Crippen LogP contribution is 2.38. The van der Waals surface area contributed by atoms with E-state index in [1.165, 1.54) is 0 Å². The van der Waals surface area contributed by atoms with E-state index >= 15 is 0 Å². The number of benzene rings is 2. The highest BCUT2D eigenvalue weighted by molar-refractivity contribution is 6.00. The minimum atomic E-state index is -1.16. The van der Waals surface area contributed by atoms with E-state index in [9.17, 15) is 19.2 Å². The van der Waals surface area contributed by atoms with Gasteiger partial charge in [-0.15, -0.1) is 0 Å². The van der Waals surface area contributed by atoms with Crippen LogP contribution in [0.4, 0.5) is 0 Å². The summed E-state index contributed by atoms with van der Waals surface area (Å²) in [5, 5.41) is 24.7. The van der Waals surface area contributed by atoms with E-state index in [4.69, 9.17) is 10.2 Å². The lowest BCUT2D eigenvalue weighted by atomic mass is 9.89. The zero-order valence-electron chi connectivity index (χ0n) is 22.4. The number of piperidine rings is 1. The number of carbonyl (C=O) groups is 4. The van der Waals surface area contributed by atoms with Gasteiger partial charge in [0, 0.05) is 43.8 Å². The molecule has 2 aromatic carbocycles. The van der Waals surface area contributed by atoms with Crippen molar-refractivity contribution in [3.63, 3.8) is 0 Å². The number of amides is 3. The number of likely N-dealkylation sites (tertiary alicyclic amines) is 1. The van der Waals surface area contributed by atoms with Crippen molar-refractivity contribution in [2.75, 3.05) is 26.2 Å². The van der Waals surface area contributed by atoms with Gasteiger partial charge < -0.3 is 20.6 Å². The summed E-state index contributed by atoms with van der Waals surface area (Å²) in [4.78, 5) is 49.0. The number of carbonyl (C=O) groups excluding carboxylic acids is 3. The Morgan fingerprint density at radius 1 is 1.00 bits per heavy atom. The molecule has 5 rings (SSSR count). The van der Waals surface area contributed by atoms with Gasteiger partial charge >= 0.3 is 5.97 Å². The minimum Gasteiger partial charge on any atom is -0.480 e. The van der Waals surface area contributed by atoms with Gasteiger partial charge in [-0.25, -0.2) is 0 Å². The number of hydrogen-bond acceptors (Lipinski definition) is 6. The molecule has 0 bridgehead atoms. The van der Waals surface area contributed by atoms with Crippen LogP contribution in [0.25, 0.3) is 32.9 Å². The van der Waals surface area contributed by atoms with Crippen molar-refractivity contribution in [1.29, 1.82) is 0 Å². The molecule has 3 N–H and O–H groups in total. The van der Waals surface area contributed by atoms with Crippen LogP contribution in [0.15, 0.2) is 42.6 Å². The fourth-order valence-electron chi connectivity index (χ4n) is 5.31. The van der Waals surface area contributed by atoms with E-state index in [1.54, 1.807) is 11.6 Å². The van der Waals surface area contributed by atoms with Crippen molar-refractivity contribution >= 4 is 45.5 Å². The maximum atomic E-state index is 12.8. The molecule has 0 unspecified atom stereocenters. The van der Waals surface area contributed by atoms with Crippen LogP contribution >= 0.6 is 0 Å². The normalized spacial score (nSPS) is 14.0. The molecule has 1 saturated heterocycles. The van der Waals surface area contributed by atoms with Crippen LogP contribution in [0.5, 0.6) is 0 Å². The number of rotatable bonds is 8. The second-order valence-electron chi connectivity index (χ2n) is 10.0. The largest absolute Gasteiger partial charge is 0.480 e. The molecule has 40 heavy (non-hydrogen) atoms. The van der Waals surface area contributed by atoms with Crippen LogP contribution in [0, 0.1) is 0 Å². The number of nitrogens with zero attached hydrogens (tertiary/aromatic N) is 5. The summed E-state index contributed by atoms with van der Waals surface area (Å²) in [5.41, 5.74) is 4.69. The molecule has 3 amide bonds. The molecule has 1 aliphatic rings. The summed E-state index contributed by atoms with van der Waals surface area (Å²) in [6, 6.07) is 12.1. The van der Waals surface area contributed by atoms with Crippen molar-refractivity contribution in [3.05, 3.63) is 48.3 Å². The van der Waals surface area contributed by atoms with Crippen LogP contribution in [-0.4, -0.2) is 79.4 Å². The molecule has 1 fully saturated rings. The third-order valence-electron chi connectivity index (χ3n) is 7.37. The maximum Gasteiger partial charge on any atom is 0.322 e. The Morgan fingerprint density at radius 3 is 2.48 bits per heavy atom. The molecule has 208 valence electrons. The Balaban J connectivity index is 1.48. The minimum absolute atomic E-state index is 0.0587. The molecule has 0 radical (unpaired) electrons. The SMILES string of the molecule is CC(=O)N1CCC(c2nn(CC(=O)NCC(=O)NCC(=O)O)c3cccc(-c4ccc5c(cnn5C)c4)c23)CC1. The van der Waals surface area contributed by atoms with Gasteiger partial charge in [0.05, 0.1) is 29.5 Å². The van der Waals surface area contributed by atoms with E-state index in [1.807, 2.05) is 47.1 Å². The molecule has 0 spiro atoms. The number of fused-ring (bicyclic) bond motifs is 2. The van der Waals surface area contributed by atoms with Crippen LogP contribution < -0.4 is 10.6 Å². The van der Waals surface area contributed by atoms with Crippen LogP contribution in [0.2, 0.25) is 0 Å². The second-order valence-corrected chi connectivity index (χ2v) is 10.0. The van der Waals surface area contributed by atoms with Gasteiger partial charge in [0.1, 0.15) is 13.1 Å². The first kappa shape index (κ1) is 26.9. The van der Waals surface area contributed by atoms with Gasteiger partial charge in [-0.1, -0.05) is 18.2 Å². The molecule has 12 nitrogen and oxygen atoms in total. The third kappa shape index (κ3) is 5.51. The number of aromatic nitrogens is 4. The summed E-state index contributed by atoms with van der Waals surface area (Å²) < 4.78 is 3.48. The molecular formula is C28H31N7O5. The van der Waals surface area contributed by atoms with E-state index in [-0.39, 0.29) is 24.9 Å². The number of nitrogens with one attached hydrogen (secondary N) is 2. The lowest BCUT2D eigenvalue weighted by Gasteiger charge is -2.30. The zero-order chi connectivity index (χ0) is 28.4. The van der Waals surface area contributed by atoms with Crippen molar-refractivity contribution < 1.29 is 24.3 Å². The molecule has 0 aliphatic carbocycles. The first-order valence-electron chi connectivity index (χ1n) is 13.1. The van der Waals surface area contributed by atoms with Gasteiger partial charge in [0.25, 0.3) is 0 Å². The second kappa shape index (κ2) is 11.2. The molecular weight excluding hydrogens is 514 g/mol. The monoisotopic (exact) mass is 545 g/mol. The van der Waals surface area contributed by atoms with Gasteiger partial charge in [-0.3, -0.25) is 28.5 Å². The van der Waals surface area contributed by atoms with Crippen molar-refractivity contribution in [1.82, 2.24) is 35.1 Å². The Bertz CT molecular complexity index is 1610. The third-order valence-corrected chi connectivity index (χ3v) is 7.37. The standard InChI is InChI=1S/C28H31N7O5/c1-17(36)34-10-8-18(9-11-34)28-27-21(19-6-7-22-20(12-19)13-31-33(22)2)4-3-5-23(27)35(32-28)16-25(38)29-14-24(37)30-15-26(39)40/h3-7,12-13,18H,8-11,14-16H2,1-2H3,(H,29,38)(H,30,37)(H,39,40). The summed E-state index contributed by atoms with van der Waals surface area (Å²) in [7, 11) is 1.90. The molecule has 0 saturated carbocycles. The van der Waals surface area contributed by atoms with Crippen LogP contribution in [0.1, 0.15) is 31.4 Å². The lowest BCUT2D eigenvalue weighted by Crippen LogP contribution is -2.40. The molecule has 12 heteroatoms. The average Bonchev–Trinajstić information content (AvgIpc) is 3.50. The Labute approximate surface area is 229 Å². The van der Waals surface area contributed by atoms with Crippen molar-refractivity contribution in [2.24, 2.45) is 7.05 Å². The van der Waals surface area contributed by atoms with Crippen LogP contribution in [-0.2, 0) is 32.8 Å². The van der Waals surface area contributed by atoms with E-state index in [2.05, 4.69) is 27.9 Å². The van der Waals surface area contributed by atoms with E-state index in [0.717, 1.165) is 51.5 Å². The number of carboxylic acids is 1. The maximum absolute atomic E-state index is 12.8. The number of aryl methyl sites for hydroxylation is 1. The van der Waals surface area contributed by atoms with Crippen molar-refractivity contribution in [2.45, 2.75) is 32.2 Å². The average molecular weight is 546 g/mol. The first-order chi connectivity index (χ1) is 19.2. The Morgan fingerprint density at radius 2 is 1.75 bits per heavy atom. The molecule has 1 aliphatic heterocycles. The smallest absolute Gasteiger partial charge is 0.322 e. The number of aliphatic carboxylic acids is 1. The van der Waals surface area contributed by atoms with E-state index < -0.39 is 24.3 Å². The quantitative estimate of drug-likeness (QED) is 0.304. The highest BCUT2D eigenvalue weighted by atomic mass is 16.4. The Hall–Kier alpha value is -4.74. The first-order valence-corrected chi connectivity index (χ1v) is 13.1. The molecule has 4 aromatic rings. The molecule has 3 heterocycles. The predicted molar refractivity (Wildman–Crippen MR) is 147 cm³/mol. The summed E-state index contributed by atoms with van der Waals surface area (Å²) >= 11 is 0. The zero-order valence-corrected chi connectivity index (χ0v) is 22.4. The summed E-state index contributed by atoms with van der Waals surface area (Å²) in [6.45, 7) is 1.90. The highest BCUT2D eigenvalue weighted by Gasteiger charge is 2.28. The van der Waals surface area contributed by atoms with Gasteiger partial charge in [0.15, 0.2) is 0 Å². The predicted octanol–water partition coefficient (Wildman–Crippen LogP) is 1.63. The topological polar surface area (TPSA) is 151 Å². The fourth-order valence-corrected chi connectivity index (χ4v) is 5.31. The van der Waals surface area contributed by atoms with Gasteiger partial charge in [-0.2, -0.15) is 10.2 Å². The van der Waals surface area contributed by atoms with Crippen molar-refractivity contribution in [3.8, 4) is 11.1 Å². The lowest BCUT2D eigenvalue weighted by molar-refractivity contribution is -0.137. The molecule has 0 atom stereocenters. The summed E-state index contributed by atoms with van der Waals surface area (Å²) in [5.74, 6) is -2.01. The van der Waals surface area contributed by atoms with Gasteiger partial charge in [-0.05, 0) is 42.2 Å². The summed E-state index contributed by atoms with van der Waals surface area (Å²) in [6.07, 6.45) is 3.35. The Kier molecular flexibility index (Phi) is 7.50. The van der Waals surface area contributed by atoms with E-state index in [0.29, 0.717) is 13.1 Å². The van der Waals surface area contributed by atoms with Gasteiger partial charge in [0.2, 0.25) is 17.7 Å². The molecule has 2 aromatic heterocycles. The number of hydrogen-bond donors (Lipinski definition) is 3.